The number of benzene rings is 2. The zero-order valence-electron chi connectivity index (χ0n) is 21.8. The lowest BCUT2D eigenvalue weighted by molar-refractivity contribution is -0.128. The Morgan fingerprint density at radius 1 is 1.18 bits per heavy atom. The van der Waals surface area contributed by atoms with Gasteiger partial charge in [0, 0.05) is 12.1 Å². The van der Waals surface area contributed by atoms with Gasteiger partial charge >= 0.3 is 0 Å². The monoisotopic (exact) mass is 551 g/mol. The molecule has 3 unspecified atom stereocenters. The summed E-state index contributed by atoms with van der Waals surface area (Å²) in [7, 11) is 0. The van der Waals surface area contributed by atoms with Crippen LogP contribution in [0.5, 0.6) is 0 Å². The van der Waals surface area contributed by atoms with Gasteiger partial charge in [-0.25, -0.2) is 13.2 Å². The van der Waals surface area contributed by atoms with E-state index >= 15 is 0 Å². The summed E-state index contributed by atoms with van der Waals surface area (Å²) >= 11 is 5.93. The van der Waals surface area contributed by atoms with Crippen molar-refractivity contribution in [3.63, 3.8) is 0 Å². The summed E-state index contributed by atoms with van der Waals surface area (Å²) in [6, 6.07) is 4.76. The van der Waals surface area contributed by atoms with Crippen LogP contribution in [0.4, 0.5) is 18.9 Å². The summed E-state index contributed by atoms with van der Waals surface area (Å²) in [6.07, 6.45) is 0.949. The molecule has 1 aliphatic carbocycles. The van der Waals surface area contributed by atoms with Crippen molar-refractivity contribution >= 4 is 29.1 Å². The molecule has 1 fully saturated rings. The van der Waals surface area contributed by atoms with Gasteiger partial charge in [0.05, 0.1) is 28.3 Å². The van der Waals surface area contributed by atoms with Crippen LogP contribution in [0.25, 0.3) is 0 Å². The van der Waals surface area contributed by atoms with Crippen molar-refractivity contribution in [2.45, 2.75) is 83.0 Å². The van der Waals surface area contributed by atoms with Crippen LogP contribution < -0.4 is 16.0 Å². The van der Waals surface area contributed by atoms with E-state index in [0.717, 1.165) is 6.07 Å². The van der Waals surface area contributed by atoms with E-state index in [4.69, 9.17) is 11.6 Å². The number of nitrogens with one attached hydrogen (secondary N) is 3. The number of hydrogen-bond donors (Lipinski definition) is 4. The summed E-state index contributed by atoms with van der Waals surface area (Å²) in [5.41, 5.74) is -0.779. The second-order valence-corrected chi connectivity index (χ2v) is 12.3. The number of aliphatic hydroxyl groups is 1. The van der Waals surface area contributed by atoms with Gasteiger partial charge in [0.2, 0.25) is 11.8 Å². The van der Waals surface area contributed by atoms with Crippen LogP contribution in [0.3, 0.4) is 0 Å². The van der Waals surface area contributed by atoms with Crippen LogP contribution in [0.1, 0.15) is 64.0 Å². The predicted octanol–water partition coefficient (Wildman–Crippen LogP) is 4.83. The van der Waals surface area contributed by atoms with E-state index in [1.54, 1.807) is 13.0 Å². The molecule has 1 aliphatic heterocycles. The van der Waals surface area contributed by atoms with Crippen LogP contribution in [0.15, 0.2) is 30.3 Å². The molecule has 2 aromatic rings. The van der Waals surface area contributed by atoms with Crippen molar-refractivity contribution in [2.75, 3.05) is 5.32 Å². The molecule has 4 rings (SSSR count). The number of fused-ring (bicyclic) bond motifs is 1. The molecule has 1 heterocycles. The lowest BCUT2D eigenvalue weighted by atomic mass is 9.77. The third-order valence-electron chi connectivity index (χ3n) is 7.13. The maximum Gasteiger partial charge on any atom is 0.237 e. The first-order valence-corrected chi connectivity index (χ1v) is 13.0. The largest absolute Gasteiger partial charge is 0.390 e. The van der Waals surface area contributed by atoms with Gasteiger partial charge in [-0.15, -0.1) is 0 Å². The van der Waals surface area contributed by atoms with Crippen molar-refractivity contribution in [3.8, 4) is 0 Å². The third kappa shape index (κ3) is 6.16. The molecule has 0 radical (unpaired) electrons. The number of hydrogen-bond acceptors (Lipinski definition) is 4. The fraction of sp³-hybridized carbons (Fsp3) is 0.500. The molecule has 4 N–H and O–H groups in total. The molecule has 206 valence electrons. The number of halogens is 4. The van der Waals surface area contributed by atoms with E-state index in [-0.39, 0.29) is 34.2 Å². The summed E-state index contributed by atoms with van der Waals surface area (Å²) < 4.78 is 43.4. The zero-order valence-corrected chi connectivity index (χ0v) is 22.6. The molecule has 6 nitrogen and oxygen atoms in total. The second kappa shape index (κ2) is 10.5. The Bertz CT molecular complexity index is 1240. The van der Waals surface area contributed by atoms with Crippen LogP contribution in [-0.4, -0.2) is 40.6 Å². The molecular formula is C28H33ClF3N3O3. The summed E-state index contributed by atoms with van der Waals surface area (Å²) in [4.78, 5) is 26.6. The number of anilines is 1. The highest BCUT2D eigenvalue weighted by Gasteiger charge is 2.43. The Kier molecular flexibility index (Phi) is 7.85. The molecule has 3 atom stereocenters. The van der Waals surface area contributed by atoms with E-state index in [1.165, 1.54) is 18.2 Å². The summed E-state index contributed by atoms with van der Waals surface area (Å²) in [5.74, 6) is -4.58. The van der Waals surface area contributed by atoms with Crippen LogP contribution in [-0.2, 0) is 16.0 Å². The van der Waals surface area contributed by atoms with Gasteiger partial charge in [0.15, 0.2) is 17.5 Å². The first-order chi connectivity index (χ1) is 17.6. The van der Waals surface area contributed by atoms with Gasteiger partial charge in [-0.3, -0.25) is 9.59 Å². The highest BCUT2D eigenvalue weighted by Crippen LogP contribution is 2.41. The van der Waals surface area contributed by atoms with Crippen LogP contribution in [0, 0.1) is 22.9 Å². The summed E-state index contributed by atoms with van der Waals surface area (Å²) in [6.45, 7) is 7.58. The van der Waals surface area contributed by atoms with E-state index in [0.29, 0.717) is 24.8 Å². The molecule has 10 heteroatoms. The number of amides is 2. The fourth-order valence-electron chi connectivity index (χ4n) is 5.44. The Hall–Kier alpha value is -2.62. The quantitative estimate of drug-likeness (QED) is 0.378. The minimum atomic E-state index is -1.05. The van der Waals surface area contributed by atoms with Crippen molar-refractivity contribution < 1.29 is 27.9 Å². The topological polar surface area (TPSA) is 90.5 Å². The van der Waals surface area contributed by atoms with E-state index in [1.807, 2.05) is 20.8 Å². The smallest absolute Gasteiger partial charge is 0.237 e. The van der Waals surface area contributed by atoms with Crippen molar-refractivity contribution in [1.82, 2.24) is 10.6 Å². The Labute approximate surface area is 225 Å². The summed E-state index contributed by atoms with van der Waals surface area (Å²) in [5, 5.41) is 18.6. The normalized spacial score (nSPS) is 24.3. The number of rotatable bonds is 8. The van der Waals surface area contributed by atoms with E-state index < -0.39 is 52.9 Å². The highest BCUT2D eigenvalue weighted by molar-refractivity contribution is 6.31. The maximum absolute atomic E-state index is 14.7. The maximum atomic E-state index is 14.7. The lowest BCUT2D eigenvalue weighted by Crippen LogP contribution is -2.59. The first-order valence-electron chi connectivity index (χ1n) is 12.7. The first kappa shape index (κ1) is 28.4. The second-order valence-electron chi connectivity index (χ2n) is 11.9. The molecule has 2 amide bonds. The SMILES string of the molecule is CC(C)(C)CC(NC(Cc1cccc(F)c1F)C(=O)NC1CC(C)(O)C1)C1C(=O)Nc2c1ccc(Cl)c2F. The van der Waals surface area contributed by atoms with E-state index in [9.17, 15) is 27.9 Å². The van der Waals surface area contributed by atoms with Gasteiger partial charge in [-0.2, -0.15) is 0 Å². The number of carbonyl (C=O) groups is 2. The fourth-order valence-corrected chi connectivity index (χ4v) is 5.60. The van der Waals surface area contributed by atoms with Crippen molar-refractivity contribution in [1.29, 1.82) is 0 Å². The molecular weight excluding hydrogens is 519 g/mol. The Balaban J connectivity index is 1.67. The minimum absolute atomic E-state index is 0.00173. The molecule has 2 aromatic carbocycles. The third-order valence-corrected chi connectivity index (χ3v) is 7.43. The van der Waals surface area contributed by atoms with Gasteiger partial charge in [0.25, 0.3) is 0 Å². The van der Waals surface area contributed by atoms with Crippen molar-refractivity contribution in [3.05, 3.63) is 63.9 Å². The molecule has 0 aromatic heterocycles. The Morgan fingerprint density at radius 3 is 2.50 bits per heavy atom. The van der Waals surface area contributed by atoms with E-state index in [2.05, 4.69) is 16.0 Å². The molecule has 2 aliphatic rings. The molecule has 1 saturated carbocycles. The molecule has 38 heavy (non-hydrogen) atoms. The minimum Gasteiger partial charge on any atom is -0.390 e. The lowest BCUT2D eigenvalue weighted by Gasteiger charge is -2.42. The van der Waals surface area contributed by atoms with Gasteiger partial charge < -0.3 is 21.1 Å². The van der Waals surface area contributed by atoms with Gasteiger partial charge in [-0.1, -0.05) is 50.6 Å². The molecule has 0 spiro atoms. The highest BCUT2D eigenvalue weighted by atomic mass is 35.5. The van der Waals surface area contributed by atoms with Gasteiger partial charge in [-0.05, 0) is 61.3 Å². The van der Waals surface area contributed by atoms with Crippen LogP contribution in [0.2, 0.25) is 5.02 Å². The van der Waals surface area contributed by atoms with Crippen LogP contribution >= 0.6 is 11.6 Å². The Morgan fingerprint density at radius 2 is 1.87 bits per heavy atom. The standard InChI is InChI=1S/C28H33ClF3N3O3/c1-27(2,3)13-20(21-16-8-9-17(29)23(32)24(16)35-26(21)37)34-19(10-14-6-5-7-18(30)22(14)31)25(36)33-15-11-28(4,38)12-15/h5-9,15,19-21,34,38H,10-13H2,1-4H3,(H,33,36)(H,35,37). The molecule has 0 saturated heterocycles. The average molecular weight is 552 g/mol. The predicted molar refractivity (Wildman–Crippen MR) is 139 cm³/mol. The van der Waals surface area contributed by atoms with Gasteiger partial charge in [0.1, 0.15) is 0 Å². The zero-order chi connectivity index (χ0) is 28.0. The average Bonchev–Trinajstić information content (AvgIpc) is 3.12. The van der Waals surface area contributed by atoms with Crippen molar-refractivity contribution in [2.24, 2.45) is 5.41 Å². The number of carbonyl (C=O) groups excluding carboxylic acids is 2. The molecule has 0 bridgehead atoms.